The van der Waals surface area contributed by atoms with Gasteiger partial charge in [-0.2, -0.15) is 0 Å². The van der Waals surface area contributed by atoms with Crippen LogP contribution in [0.1, 0.15) is 367 Å². The van der Waals surface area contributed by atoms with Crippen molar-refractivity contribution < 1.29 is 24.5 Å². The molecule has 0 heterocycles. The van der Waals surface area contributed by atoms with E-state index in [1.165, 1.54) is 295 Å². The Morgan fingerprint density at radius 1 is 0.348 bits per heavy atom. The van der Waals surface area contributed by atoms with Gasteiger partial charge < -0.3 is 20.3 Å². The zero-order valence-corrected chi connectivity index (χ0v) is 47.1. The molecule has 0 fully saturated rings. The molecule has 0 aromatic carbocycles. The van der Waals surface area contributed by atoms with E-state index in [4.69, 9.17) is 4.74 Å². The molecule has 6 nitrogen and oxygen atoms in total. The number of amides is 1. The number of carbonyl (C=O) groups is 2. The van der Waals surface area contributed by atoms with Crippen LogP contribution in [0.25, 0.3) is 0 Å². The van der Waals surface area contributed by atoms with E-state index in [1.54, 1.807) is 0 Å². The Kier molecular flexibility index (Phi) is 58.4. The van der Waals surface area contributed by atoms with Crippen molar-refractivity contribution in [1.29, 1.82) is 0 Å². The molecule has 0 aromatic heterocycles. The van der Waals surface area contributed by atoms with E-state index >= 15 is 0 Å². The van der Waals surface area contributed by atoms with Gasteiger partial charge in [0.2, 0.25) is 5.91 Å². The average molecular weight is 977 g/mol. The molecule has 2 unspecified atom stereocenters. The summed E-state index contributed by atoms with van der Waals surface area (Å²) in [7, 11) is 0. The molecule has 0 aliphatic carbocycles. The van der Waals surface area contributed by atoms with E-state index in [-0.39, 0.29) is 18.5 Å². The van der Waals surface area contributed by atoms with Crippen molar-refractivity contribution >= 4 is 11.9 Å². The highest BCUT2D eigenvalue weighted by Gasteiger charge is 2.20. The van der Waals surface area contributed by atoms with Gasteiger partial charge in [0.25, 0.3) is 0 Å². The first-order chi connectivity index (χ1) is 34.0. The fourth-order valence-corrected chi connectivity index (χ4v) is 10.3. The summed E-state index contributed by atoms with van der Waals surface area (Å²) in [5.74, 6) is -0.00989. The summed E-state index contributed by atoms with van der Waals surface area (Å²) in [6.07, 6.45) is 69.9. The number of ether oxygens (including phenoxy) is 1. The third-order valence-corrected chi connectivity index (χ3v) is 15.2. The first-order valence-corrected chi connectivity index (χ1v) is 31.8. The molecule has 0 saturated heterocycles. The minimum absolute atomic E-state index is 0.0212. The zero-order valence-electron chi connectivity index (χ0n) is 47.1. The molecule has 0 spiro atoms. The summed E-state index contributed by atoms with van der Waals surface area (Å²) < 4.78 is 5.49. The normalized spacial score (nSPS) is 12.5. The number of hydrogen-bond acceptors (Lipinski definition) is 5. The van der Waals surface area contributed by atoms with Crippen molar-refractivity contribution in [2.24, 2.45) is 0 Å². The average Bonchev–Trinajstić information content (AvgIpc) is 3.35. The number of aliphatic hydroxyl groups is 2. The smallest absolute Gasteiger partial charge is 0.305 e. The number of carbonyl (C=O) groups excluding carboxylic acids is 2. The standard InChI is InChI=1S/C63H125NO5/c1-3-5-7-9-11-13-15-16-33-37-41-45-49-53-57-63(68)69-58-54-50-46-42-38-34-31-29-27-25-23-21-19-17-18-20-22-24-26-28-30-32-36-40-44-48-52-56-62(67)64-60(59-65)61(66)55-51-47-43-39-35-14-12-10-8-6-4-2/h60-61,65-66H,3-59H2,1-2H3,(H,64,67). The largest absolute Gasteiger partial charge is 0.466 e. The SMILES string of the molecule is CCCCCCCCCCCCCCCCC(=O)OCCCCCCCCCCCCCCCCCCCCCCCCCCCCCC(=O)NC(CO)C(O)CCCCCCCCCCCCC. The van der Waals surface area contributed by atoms with Crippen LogP contribution in [0.2, 0.25) is 0 Å². The summed E-state index contributed by atoms with van der Waals surface area (Å²) in [4.78, 5) is 24.5. The Morgan fingerprint density at radius 3 is 0.884 bits per heavy atom. The molecule has 2 atom stereocenters. The molecular weight excluding hydrogens is 851 g/mol. The van der Waals surface area contributed by atoms with Crippen molar-refractivity contribution in [2.75, 3.05) is 13.2 Å². The van der Waals surface area contributed by atoms with Crippen LogP contribution in [0, 0.1) is 0 Å². The number of rotatable bonds is 60. The third-order valence-electron chi connectivity index (χ3n) is 15.2. The highest BCUT2D eigenvalue weighted by molar-refractivity contribution is 5.76. The first-order valence-electron chi connectivity index (χ1n) is 31.8. The van der Waals surface area contributed by atoms with Crippen molar-refractivity contribution in [3.05, 3.63) is 0 Å². The summed E-state index contributed by atoms with van der Waals surface area (Å²) >= 11 is 0. The van der Waals surface area contributed by atoms with Crippen LogP contribution in [0.15, 0.2) is 0 Å². The Bertz CT molecular complexity index is 990. The van der Waals surface area contributed by atoms with Gasteiger partial charge in [-0.25, -0.2) is 0 Å². The quantitative estimate of drug-likeness (QED) is 0.0417. The molecule has 6 heteroatoms. The van der Waals surface area contributed by atoms with Crippen molar-refractivity contribution in [3.8, 4) is 0 Å². The van der Waals surface area contributed by atoms with Crippen LogP contribution in [0.5, 0.6) is 0 Å². The monoisotopic (exact) mass is 976 g/mol. The number of aliphatic hydroxyl groups excluding tert-OH is 2. The maximum absolute atomic E-state index is 12.4. The highest BCUT2D eigenvalue weighted by atomic mass is 16.5. The van der Waals surface area contributed by atoms with Crippen LogP contribution < -0.4 is 5.32 Å². The van der Waals surface area contributed by atoms with Crippen LogP contribution >= 0.6 is 0 Å². The molecule has 0 rings (SSSR count). The molecular formula is C63H125NO5. The molecule has 0 radical (unpaired) electrons. The fourth-order valence-electron chi connectivity index (χ4n) is 10.3. The maximum Gasteiger partial charge on any atom is 0.305 e. The lowest BCUT2D eigenvalue weighted by molar-refractivity contribution is -0.143. The van der Waals surface area contributed by atoms with E-state index in [0.29, 0.717) is 25.9 Å². The van der Waals surface area contributed by atoms with Gasteiger partial charge in [0.05, 0.1) is 25.4 Å². The van der Waals surface area contributed by atoms with Gasteiger partial charge in [-0.15, -0.1) is 0 Å². The molecule has 0 saturated carbocycles. The molecule has 0 aliphatic rings. The lowest BCUT2D eigenvalue weighted by atomic mass is 10.0. The summed E-state index contributed by atoms with van der Waals surface area (Å²) in [5, 5.41) is 23.2. The molecule has 1 amide bonds. The molecule has 3 N–H and O–H groups in total. The van der Waals surface area contributed by atoms with Crippen LogP contribution in [-0.4, -0.2) is 47.4 Å². The second-order valence-corrected chi connectivity index (χ2v) is 22.1. The minimum atomic E-state index is -0.659. The van der Waals surface area contributed by atoms with E-state index in [9.17, 15) is 19.8 Å². The Labute approximate surface area is 432 Å². The number of esters is 1. The second kappa shape index (κ2) is 59.4. The number of unbranched alkanes of at least 4 members (excludes halogenated alkanes) is 49. The van der Waals surface area contributed by atoms with Crippen LogP contribution in [-0.2, 0) is 14.3 Å². The number of nitrogens with one attached hydrogen (secondary N) is 1. The maximum atomic E-state index is 12.4. The molecule has 69 heavy (non-hydrogen) atoms. The lowest BCUT2D eigenvalue weighted by Crippen LogP contribution is -2.45. The molecule has 0 aliphatic heterocycles. The number of hydrogen-bond donors (Lipinski definition) is 3. The minimum Gasteiger partial charge on any atom is -0.466 e. The Hall–Kier alpha value is -1.14. The van der Waals surface area contributed by atoms with Gasteiger partial charge in [0, 0.05) is 12.8 Å². The van der Waals surface area contributed by atoms with Gasteiger partial charge >= 0.3 is 5.97 Å². The van der Waals surface area contributed by atoms with Crippen molar-refractivity contribution in [3.63, 3.8) is 0 Å². The van der Waals surface area contributed by atoms with Gasteiger partial charge in [-0.05, 0) is 25.7 Å². The molecule has 0 bridgehead atoms. The predicted octanol–water partition coefficient (Wildman–Crippen LogP) is 19.9. The Morgan fingerprint density at radius 2 is 0.594 bits per heavy atom. The van der Waals surface area contributed by atoms with E-state index in [0.717, 1.165) is 38.5 Å². The van der Waals surface area contributed by atoms with Gasteiger partial charge in [-0.3, -0.25) is 9.59 Å². The summed E-state index contributed by atoms with van der Waals surface area (Å²) in [5.41, 5.74) is 0. The Balaban J connectivity index is 3.31. The topological polar surface area (TPSA) is 95.9 Å². The second-order valence-electron chi connectivity index (χ2n) is 22.1. The van der Waals surface area contributed by atoms with Gasteiger partial charge in [0.15, 0.2) is 0 Å². The predicted molar refractivity (Wildman–Crippen MR) is 301 cm³/mol. The van der Waals surface area contributed by atoms with E-state index in [1.807, 2.05) is 0 Å². The molecule has 0 aromatic rings. The van der Waals surface area contributed by atoms with E-state index < -0.39 is 12.1 Å². The van der Waals surface area contributed by atoms with E-state index in [2.05, 4.69) is 19.2 Å². The van der Waals surface area contributed by atoms with Gasteiger partial charge in [-0.1, -0.05) is 328 Å². The first kappa shape index (κ1) is 67.9. The zero-order chi connectivity index (χ0) is 50.0. The molecule has 412 valence electrons. The third kappa shape index (κ3) is 56.0. The van der Waals surface area contributed by atoms with Crippen molar-refractivity contribution in [1.82, 2.24) is 5.32 Å². The van der Waals surface area contributed by atoms with Crippen LogP contribution in [0.3, 0.4) is 0 Å². The summed E-state index contributed by atoms with van der Waals surface area (Å²) in [6.45, 7) is 4.98. The van der Waals surface area contributed by atoms with Crippen molar-refractivity contribution in [2.45, 2.75) is 379 Å². The van der Waals surface area contributed by atoms with Gasteiger partial charge in [0.1, 0.15) is 0 Å². The summed E-state index contributed by atoms with van der Waals surface area (Å²) in [6, 6.07) is -0.536. The lowest BCUT2D eigenvalue weighted by Gasteiger charge is -2.22. The van der Waals surface area contributed by atoms with Crippen LogP contribution in [0.4, 0.5) is 0 Å². The highest BCUT2D eigenvalue weighted by Crippen LogP contribution is 2.19. The fraction of sp³-hybridized carbons (Fsp3) is 0.968.